The second-order valence-corrected chi connectivity index (χ2v) is 8.66. The van der Waals surface area contributed by atoms with Crippen LogP contribution in [-0.4, -0.2) is 120 Å². The zero-order valence-electron chi connectivity index (χ0n) is 19.8. The number of rotatable bonds is 4. The van der Waals surface area contributed by atoms with Gasteiger partial charge in [-0.3, -0.25) is 9.59 Å². The monoisotopic (exact) mass is 481 g/mol. The molecule has 1 aromatic carbocycles. The first kappa shape index (κ1) is 27.9. The number of carbonyl (C=O) groups is 2. The average molecular weight is 482 g/mol. The zero-order chi connectivity index (χ0) is 25.1. The van der Waals surface area contributed by atoms with Crippen LogP contribution >= 0.6 is 0 Å². The fraction of sp³-hybridized carbons (Fsp3) is 0.583. The molecule has 1 aliphatic heterocycles. The van der Waals surface area contributed by atoms with E-state index in [0.717, 1.165) is 12.1 Å². The second kappa shape index (κ2) is 14.1. The number of benzene rings is 1. The van der Waals surface area contributed by atoms with Crippen molar-refractivity contribution in [2.75, 3.05) is 60.0 Å². The first-order valence-corrected chi connectivity index (χ1v) is 11.5. The van der Waals surface area contributed by atoms with Crippen LogP contribution in [0.4, 0.5) is 4.39 Å². The van der Waals surface area contributed by atoms with Crippen LogP contribution in [0.1, 0.15) is 23.2 Å². The fourth-order valence-corrected chi connectivity index (χ4v) is 3.49. The molecule has 3 atom stereocenters. The van der Waals surface area contributed by atoms with Gasteiger partial charge in [0.1, 0.15) is 24.1 Å². The van der Waals surface area contributed by atoms with Gasteiger partial charge in [0, 0.05) is 51.0 Å². The molecule has 3 N–H and O–H groups in total. The van der Waals surface area contributed by atoms with Crippen molar-refractivity contribution in [1.29, 1.82) is 0 Å². The summed E-state index contributed by atoms with van der Waals surface area (Å²) in [5, 5.41) is 30.9. The Morgan fingerprint density at radius 2 is 1.74 bits per heavy atom. The first-order chi connectivity index (χ1) is 16.2. The number of β-amino-alcohol motifs (C(OH)–C–C–N with tert-alkyl or cyclic N) is 1. The lowest BCUT2D eigenvalue weighted by Crippen LogP contribution is -2.49. The van der Waals surface area contributed by atoms with Crippen molar-refractivity contribution in [3.05, 3.63) is 47.8 Å². The number of amides is 2. The topological polar surface area (TPSA) is 114 Å². The highest BCUT2D eigenvalue weighted by Gasteiger charge is 2.29. The van der Waals surface area contributed by atoms with Gasteiger partial charge in [-0.2, -0.15) is 0 Å². The number of ether oxygens (including phenoxy) is 1. The van der Waals surface area contributed by atoms with Crippen molar-refractivity contribution in [1.82, 2.24) is 14.7 Å². The van der Waals surface area contributed by atoms with Gasteiger partial charge in [0.25, 0.3) is 5.91 Å². The third-order valence-corrected chi connectivity index (χ3v) is 5.51. The van der Waals surface area contributed by atoms with E-state index in [1.54, 1.807) is 11.0 Å². The van der Waals surface area contributed by atoms with E-state index >= 15 is 0 Å². The predicted octanol–water partition coefficient (Wildman–Crippen LogP) is 0.107. The smallest absolute Gasteiger partial charge is 0.254 e. The average Bonchev–Trinajstić information content (AvgIpc) is 2.80. The molecule has 10 heteroatoms. The standard InChI is InChI=1S/C24H36FN3O6/c1-26(2)11-5-6-22(31)27-12-3-4-15-34-17-21(30)23(32)20(29)16-28(14-13-27)24(33)18-7-9-19(25)10-8-18/h5-10,20-21,23,29-30,32H,3-4,11-17H2,1-2H3/b6-5+/t20-,21+,23+/m0/s1. The molecule has 1 fully saturated rings. The molecule has 0 aromatic heterocycles. The van der Waals surface area contributed by atoms with Crippen molar-refractivity contribution in [3.63, 3.8) is 0 Å². The van der Waals surface area contributed by atoms with Crippen LogP contribution in [0.3, 0.4) is 0 Å². The molecule has 2 rings (SSSR count). The minimum absolute atomic E-state index is 0.0832. The van der Waals surface area contributed by atoms with E-state index in [1.165, 1.54) is 23.1 Å². The molecule has 190 valence electrons. The summed E-state index contributed by atoms with van der Waals surface area (Å²) in [4.78, 5) is 30.7. The Labute approximate surface area is 200 Å². The number of hydrogen-bond acceptors (Lipinski definition) is 7. The summed E-state index contributed by atoms with van der Waals surface area (Å²) in [6, 6.07) is 4.99. The maximum absolute atomic E-state index is 13.3. The van der Waals surface area contributed by atoms with E-state index in [9.17, 15) is 29.3 Å². The second-order valence-electron chi connectivity index (χ2n) is 8.66. The van der Waals surface area contributed by atoms with Crippen molar-refractivity contribution in [3.8, 4) is 0 Å². The molecule has 0 aliphatic carbocycles. The molecule has 9 nitrogen and oxygen atoms in total. The fourth-order valence-electron chi connectivity index (χ4n) is 3.49. The molecular formula is C24H36FN3O6. The minimum atomic E-state index is -1.53. The predicted molar refractivity (Wildman–Crippen MR) is 125 cm³/mol. The summed E-state index contributed by atoms with van der Waals surface area (Å²) in [7, 11) is 3.79. The zero-order valence-corrected chi connectivity index (χ0v) is 19.8. The molecule has 1 heterocycles. The first-order valence-electron chi connectivity index (χ1n) is 11.5. The molecule has 1 aliphatic rings. The van der Waals surface area contributed by atoms with Crippen LogP contribution in [0.15, 0.2) is 36.4 Å². The molecule has 1 saturated heterocycles. The van der Waals surface area contributed by atoms with Gasteiger partial charge in [-0.1, -0.05) is 6.08 Å². The van der Waals surface area contributed by atoms with Gasteiger partial charge in [-0.15, -0.1) is 0 Å². The Kier molecular flexibility index (Phi) is 11.6. The van der Waals surface area contributed by atoms with Crippen molar-refractivity contribution in [2.45, 2.75) is 31.2 Å². The van der Waals surface area contributed by atoms with E-state index < -0.39 is 30.0 Å². The van der Waals surface area contributed by atoms with Gasteiger partial charge in [-0.05, 0) is 51.2 Å². The molecule has 0 saturated carbocycles. The van der Waals surface area contributed by atoms with Crippen LogP contribution in [0.2, 0.25) is 0 Å². The number of hydrogen-bond donors (Lipinski definition) is 3. The van der Waals surface area contributed by atoms with Crippen LogP contribution in [0.25, 0.3) is 0 Å². The third-order valence-electron chi connectivity index (χ3n) is 5.51. The largest absolute Gasteiger partial charge is 0.388 e. The van der Waals surface area contributed by atoms with E-state index in [-0.39, 0.29) is 37.7 Å². The summed E-state index contributed by atoms with van der Waals surface area (Å²) in [6.07, 6.45) is 0.254. The SMILES string of the molecule is CN(C)C/C=C/C(=O)N1CCCCOC[C@@H](O)[C@H](O)[C@@H](O)CN(C(=O)c2ccc(F)cc2)CC1. The van der Waals surface area contributed by atoms with Crippen LogP contribution < -0.4 is 0 Å². The lowest BCUT2D eigenvalue weighted by atomic mass is 10.1. The van der Waals surface area contributed by atoms with Crippen LogP contribution in [-0.2, 0) is 9.53 Å². The number of likely N-dealkylation sites (N-methyl/N-ethyl adjacent to an activating group) is 1. The number of aliphatic hydroxyl groups is 3. The molecule has 1 aromatic rings. The lowest BCUT2D eigenvalue weighted by molar-refractivity contribution is -0.126. The van der Waals surface area contributed by atoms with Crippen LogP contribution in [0.5, 0.6) is 0 Å². The number of aliphatic hydroxyl groups excluding tert-OH is 3. The van der Waals surface area contributed by atoms with Crippen molar-refractivity contribution >= 4 is 11.8 Å². The highest BCUT2D eigenvalue weighted by atomic mass is 19.1. The molecule has 34 heavy (non-hydrogen) atoms. The maximum Gasteiger partial charge on any atom is 0.254 e. The Morgan fingerprint density at radius 1 is 1.06 bits per heavy atom. The Hall–Kier alpha value is -2.37. The number of nitrogens with zero attached hydrogens (tertiary/aromatic N) is 3. The lowest BCUT2D eigenvalue weighted by Gasteiger charge is -2.32. The van der Waals surface area contributed by atoms with Crippen molar-refractivity contribution < 1.29 is 34.0 Å². The summed E-state index contributed by atoms with van der Waals surface area (Å²) in [6.45, 7) is 1.22. The van der Waals surface area contributed by atoms with E-state index in [2.05, 4.69) is 0 Å². The quantitative estimate of drug-likeness (QED) is 0.523. The number of halogens is 1. The van der Waals surface area contributed by atoms with Gasteiger partial charge in [0.15, 0.2) is 0 Å². The Balaban J connectivity index is 2.23. The third kappa shape index (κ3) is 9.11. The minimum Gasteiger partial charge on any atom is -0.388 e. The summed E-state index contributed by atoms with van der Waals surface area (Å²) >= 11 is 0. The number of carbonyl (C=O) groups excluding carboxylic acids is 2. The van der Waals surface area contributed by atoms with Gasteiger partial charge in [0.05, 0.1) is 6.61 Å². The maximum atomic E-state index is 13.3. The van der Waals surface area contributed by atoms with Gasteiger partial charge >= 0.3 is 0 Å². The highest BCUT2D eigenvalue weighted by molar-refractivity contribution is 5.94. The molecule has 0 spiro atoms. The molecule has 0 radical (unpaired) electrons. The highest BCUT2D eigenvalue weighted by Crippen LogP contribution is 2.12. The van der Waals surface area contributed by atoms with E-state index in [1.807, 2.05) is 19.0 Å². The normalized spacial score (nSPS) is 23.8. The van der Waals surface area contributed by atoms with Gasteiger partial charge in [-0.25, -0.2) is 4.39 Å². The molecule has 0 bridgehead atoms. The summed E-state index contributed by atoms with van der Waals surface area (Å²) in [5.74, 6) is -1.17. The van der Waals surface area contributed by atoms with E-state index in [0.29, 0.717) is 32.5 Å². The summed E-state index contributed by atoms with van der Waals surface area (Å²) < 4.78 is 18.7. The molecule has 2 amide bonds. The Morgan fingerprint density at radius 3 is 2.41 bits per heavy atom. The molecule has 0 unspecified atom stereocenters. The van der Waals surface area contributed by atoms with Crippen LogP contribution in [0, 0.1) is 5.82 Å². The van der Waals surface area contributed by atoms with E-state index in [4.69, 9.17) is 4.74 Å². The molecular weight excluding hydrogens is 445 g/mol. The summed E-state index contributed by atoms with van der Waals surface area (Å²) in [5.41, 5.74) is 0.205. The van der Waals surface area contributed by atoms with Crippen molar-refractivity contribution in [2.24, 2.45) is 0 Å². The Bertz CT molecular complexity index is 804. The van der Waals surface area contributed by atoms with Gasteiger partial charge in [0.2, 0.25) is 5.91 Å². The van der Waals surface area contributed by atoms with Gasteiger partial charge < -0.3 is 34.8 Å².